The van der Waals surface area contributed by atoms with Crippen molar-refractivity contribution >= 4 is 12.0 Å². The van der Waals surface area contributed by atoms with Crippen LogP contribution in [0.1, 0.15) is 32.8 Å². The maximum Gasteiger partial charge on any atom is 0.407 e. The van der Waals surface area contributed by atoms with E-state index in [1.807, 2.05) is 32.3 Å². The van der Waals surface area contributed by atoms with Gasteiger partial charge in [0.25, 0.3) is 0 Å². The molecule has 0 fully saturated rings. The summed E-state index contributed by atoms with van der Waals surface area (Å²) in [4.78, 5) is 25.6. The van der Waals surface area contributed by atoms with Crippen LogP contribution in [0, 0.1) is 0 Å². The zero-order valence-corrected chi connectivity index (χ0v) is 16.0. The fourth-order valence-electron chi connectivity index (χ4n) is 2.24. The van der Waals surface area contributed by atoms with Crippen LogP contribution in [0.25, 0.3) is 0 Å². The highest BCUT2D eigenvalue weighted by Crippen LogP contribution is 2.07. The second kappa shape index (κ2) is 10.0. The van der Waals surface area contributed by atoms with Gasteiger partial charge in [-0.15, -0.1) is 0 Å². The first kappa shape index (κ1) is 21.0. The van der Waals surface area contributed by atoms with Gasteiger partial charge < -0.3 is 20.3 Å². The molecule has 1 unspecified atom stereocenters. The van der Waals surface area contributed by atoms with E-state index in [-0.39, 0.29) is 24.9 Å². The molecule has 0 bridgehead atoms. The minimum atomic E-state index is -0.539. The topological polar surface area (TPSA) is 70.7 Å². The number of nitrogens with zero attached hydrogens (tertiary/aromatic N) is 1. The Bertz CT molecular complexity index is 539. The van der Waals surface area contributed by atoms with Gasteiger partial charge in [-0.2, -0.15) is 0 Å². The third-order valence-electron chi connectivity index (χ3n) is 3.60. The number of rotatable bonds is 8. The number of alkyl carbamates (subject to hydrolysis) is 1. The predicted molar refractivity (Wildman–Crippen MR) is 99.5 cm³/mol. The van der Waals surface area contributed by atoms with E-state index in [1.165, 1.54) is 5.56 Å². The summed E-state index contributed by atoms with van der Waals surface area (Å²) in [5, 5.41) is 5.52. The Kier molecular flexibility index (Phi) is 8.41. The van der Waals surface area contributed by atoms with Crippen LogP contribution in [0.3, 0.4) is 0 Å². The molecule has 0 aliphatic carbocycles. The Morgan fingerprint density at radius 3 is 2.32 bits per heavy atom. The molecule has 0 saturated heterocycles. The number of amides is 2. The lowest BCUT2D eigenvalue weighted by atomic mass is 10.1. The molecular weight excluding hydrogens is 318 g/mol. The highest BCUT2D eigenvalue weighted by molar-refractivity contribution is 5.77. The van der Waals surface area contributed by atoms with Crippen molar-refractivity contribution in [2.75, 3.05) is 27.2 Å². The van der Waals surface area contributed by atoms with Gasteiger partial charge in [0.2, 0.25) is 5.91 Å². The number of carbonyl (C=O) groups excluding carboxylic acids is 2. The van der Waals surface area contributed by atoms with Gasteiger partial charge in [0.1, 0.15) is 5.60 Å². The molecule has 140 valence electrons. The Labute approximate surface area is 150 Å². The summed E-state index contributed by atoms with van der Waals surface area (Å²) in [7, 11) is 4.01. The SMILES string of the molecule is CN(C)C(CNC(=O)CCNC(=O)OC(C)(C)C)Cc1ccccc1. The average molecular weight is 349 g/mol. The van der Waals surface area contributed by atoms with Crippen LogP contribution >= 0.6 is 0 Å². The Hall–Kier alpha value is -2.08. The zero-order chi connectivity index (χ0) is 18.9. The number of carbonyl (C=O) groups is 2. The zero-order valence-electron chi connectivity index (χ0n) is 16.0. The fraction of sp³-hybridized carbons (Fsp3) is 0.579. The highest BCUT2D eigenvalue weighted by atomic mass is 16.6. The first-order chi connectivity index (χ1) is 11.7. The molecule has 0 saturated carbocycles. The summed E-state index contributed by atoms with van der Waals surface area (Å²) in [5.41, 5.74) is 0.699. The van der Waals surface area contributed by atoms with Crippen molar-refractivity contribution in [3.05, 3.63) is 35.9 Å². The van der Waals surface area contributed by atoms with Crippen LogP contribution in [0.5, 0.6) is 0 Å². The monoisotopic (exact) mass is 349 g/mol. The van der Waals surface area contributed by atoms with Gasteiger partial charge >= 0.3 is 6.09 Å². The number of hydrogen-bond donors (Lipinski definition) is 2. The van der Waals surface area contributed by atoms with Gasteiger partial charge in [0, 0.05) is 25.6 Å². The summed E-state index contributed by atoms with van der Waals surface area (Å²) >= 11 is 0. The number of likely N-dealkylation sites (N-methyl/N-ethyl adjacent to an activating group) is 1. The second-order valence-electron chi connectivity index (χ2n) is 7.29. The molecule has 1 aromatic rings. The molecule has 6 heteroatoms. The maximum absolute atomic E-state index is 12.0. The first-order valence-electron chi connectivity index (χ1n) is 8.61. The van der Waals surface area contributed by atoms with Crippen molar-refractivity contribution in [3.8, 4) is 0 Å². The van der Waals surface area contributed by atoms with Gasteiger partial charge in [-0.1, -0.05) is 30.3 Å². The third kappa shape index (κ3) is 9.72. The summed E-state index contributed by atoms with van der Waals surface area (Å²) in [6, 6.07) is 10.4. The van der Waals surface area contributed by atoms with Gasteiger partial charge in [0.05, 0.1) is 0 Å². The molecule has 1 rings (SSSR count). The first-order valence-corrected chi connectivity index (χ1v) is 8.61. The summed E-state index contributed by atoms with van der Waals surface area (Å²) in [5.74, 6) is -0.0871. The molecule has 0 radical (unpaired) electrons. The quantitative estimate of drug-likeness (QED) is 0.755. The predicted octanol–water partition coefficient (Wildman–Crippen LogP) is 2.19. The Morgan fingerprint density at radius 2 is 1.76 bits per heavy atom. The number of benzene rings is 1. The molecule has 0 heterocycles. The van der Waals surface area contributed by atoms with Gasteiger partial charge in [-0.05, 0) is 46.9 Å². The van der Waals surface area contributed by atoms with Crippen LogP contribution in [-0.2, 0) is 16.0 Å². The van der Waals surface area contributed by atoms with E-state index in [4.69, 9.17) is 4.74 Å². The minimum Gasteiger partial charge on any atom is -0.444 e. The van der Waals surface area contributed by atoms with Crippen molar-refractivity contribution < 1.29 is 14.3 Å². The molecule has 1 aromatic carbocycles. The van der Waals surface area contributed by atoms with E-state index in [0.717, 1.165) is 6.42 Å². The standard InChI is InChI=1S/C19H31N3O3/c1-19(2,3)25-18(24)20-12-11-17(23)21-14-16(22(4)5)13-15-9-7-6-8-10-15/h6-10,16H,11-14H2,1-5H3,(H,20,24)(H,21,23). The van der Waals surface area contributed by atoms with Crippen LogP contribution < -0.4 is 10.6 Å². The maximum atomic E-state index is 12.0. The van der Waals surface area contributed by atoms with Gasteiger partial charge in [-0.25, -0.2) is 4.79 Å². The number of ether oxygens (including phenoxy) is 1. The number of nitrogens with one attached hydrogen (secondary N) is 2. The molecule has 0 aromatic heterocycles. The fourth-order valence-corrected chi connectivity index (χ4v) is 2.24. The summed E-state index contributed by atoms with van der Waals surface area (Å²) in [6.45, 7) is 6.22. The van der Waals surface area contributed by atoms with E-state index < -0.39 is 11.7 Å². The van der Waals surface area contributed by atoms with Crippen LogP contribution in [0.2, 0.25) is 0 Å². The molecule has 0 aliphatic rings. The normalized spacial score (nSPS) is 12.6. The molecule has 0 aliphatic heterocycles. The largest absolute Gasteiger partial charge is 0.444 e. The highest BCUT2D eigenvalue weighted by Gasteiger charge is 2.16. The molecule has 25 heavy (non-hydrogen) atoms. The average Bonchev–Trinajstić information content (AvgIpc) is 2.50. The molecule has 2 amide bonds. The molecule has 6 nitrogen and oxygen atoms in total. The molecule has 0 spiro atoms. The second-order valence-corrected chi connectivity index (χ2v) is 7.29. The van der Waals surface area contributed by atoms with Crippen molar-refractivity contribution in [2.24, 2.45) is 0 Å². The van der Waals surface area contributed by atoms with E-state index in [1.54, 1.807) is 20.8 Å². The minimum absolute atomic E-state index is 0.0871. The molecular formula is C19H31N3O3. The van der Waals surface area contributed by atoms with Crippen molar-refractivity contribution in [1.82, 2.24) is 15.5 Å². The van der Waals surface area contributed by atoms with E-state index >= 15 is 0 Å². The molecule has 2 N–H and O–H groups in total. The van der Waals surface area contributed by atoms with E-state index in [0.29, 0.717) is 6.54 Å². The lowest BCUT2D eigenvalue weighted by Gasteiger charge is -2.25. The lowest BCUT2D eigenvalue weighted by molar-refractivity contribution is -0.121. The van der Waals surface area contributed by atoms with E-state index in [9.17, 15) is 9.59 Å². The Morgan fingerprint density at radius 1 is 1.12 bits per heavy atom. The van der Waals surface area contributed by atoms with Crippen LogP contribution in [-0.4, -0.2) is 55.7 Å². The summed E-state index contributed by atoms with van der Waals surface area (Å²) < 4.78 is 5.13. The Balaban J connectivity index is 2.32. The molecule has 1 atom stereocenters. The van der Waals surface area contributed by atoms with Crippen molar-refractivity contribution in [3.63, 3.8) is 0 Å². The summed E-state index contributed by atoms with van der Waals surface area (Å²) in [6.07, 6.45) is 0.588. The number of hydrogen-bond acceptors (Lipinski definition) is 4. The van der Waals surface area contributed by atoms with Crippen molar-refractivity contribution in [2.45, 2.75) is 45.3 Å². The third-order valence-corrected chi connectivity index (χ3v) is 3.60. The smallest absolute Gasteiger partial charge is 0.407 e. The van der Waals surface area contributed by atoms with Crippen LogP contribution in [0.15, 0.2) is 30.3 Å². The van der Waals surface area contributed by atoms with Gasteiger partial charge in [0.15, 0.2) is 0 Å². The van der Waals surface area contributed by atoms with E-state index in [2.05, 4.69) is 27.7 Å². The lowest BCUT2D eigenvalue weighted by Crippen LogP contribution is -2.42. The van der Waals surface area contributed by atoms with Crippen molar-refractivity contribution in [1.29, 1.82) is 0 Å². The van der Waals surface area contributed by atoms with Crippen LogP contribution in [0.4, 0.5) is 4.79 Å². The van der Waals surface area contributed by atoms with Gasteiger partial charge in [-0.3, -0.25) is 4.79 Å².